The van der Waals surface area contributed by atoms with E-state index in [2.05, 4.69) is 5.32 Å². The minimum absolute atomic E-state index is 0.0613. The van der Waals surface area contributed by atoms with E-state index in [-0.39, 0.29) is 18.4 Å². The van der Waals surface area contributed by atoms with Crippen molar-refractivity contribution >= 4 is 17.3 Å². The van der Waals surface area contributed by atoms with Crippen molar-refractivity contribution in [1.29, 1.82) is 0 Å². The average Bonchev–Trinajstić information content (AvgIpc) is 2.45. The van der Waals surface area contributed by atoms with Crippen LogP contribution in [0.5, 0.6) is 0 Å². The first-order valence-electron chi connectivity index (χ1n) is 6.83. The highest BCUT2D eigenvalue weighted by molar-refractivity contribution is 6.30. The van der Waals surface area contributed by atoms with Gasteiger partial charge < -0.3 is 10.1 Å². The largest absolute Gasteiger partial charge is 0.372 e. The van der Waals surface area contributed by atoms with Crippen LogP contribution in [0.4, 0.5) is 5.69 Å². The Labute approximate surface area is 123 Å². The molecule has 0 saturated heterocycles. The van der Waals surface area contributed by atoms with Crippen LogP contribution in [0.2, 0.25) is 5.02 Å². The summed E-state index contributed by atoms with van der Waals surface area (Å²) in [5.41, 5.74) is 0.592. The van der Waals surface area contributed by atoms with Crippen molar-refractivity contribution in [3.8, 4) is 0 Å². The summed E-state index contributed by atoms with van der Waals surface area (Å²) in [6.45, 7) is 0.222. The minimum atomic E-state index is -0.397. The summed E-state index contributed by atoms with van der Waals surface area (Å²) in [6.07, 6.45) is 4.51. The van der Waals surface area contributed by atoms with E-state index >= 15 is 0 Å². The van der Waals surface area contributed by atoms with Gasteiger partial charge in [0.25, 0.3) is 5.69 Å². The predicted octanol–water partition coefficient (Wildman–Crippen LogP) is 3.30. The number of ether oxygens (including phenoxy) is 1. The van der Waals surface area contributed by atoms with Crippen molar-refractivity contribution in [3.05, 3.63) is 38.9 Å². The van der Waals surface area contributed by atoms with Gasteiger partial charge in [-0.2, -0.15) is 0 Å². The second-order valence-corrected chi connectivity index (χ2v) is 5.50. The standard InChI is InChI=1S/C14H19ClN2O3/c1-16-12-4-2-3-5-14(12)20-9-10-8-11(15)6-7-13(10)17(18)19/h6-8,12,14,16H,2-5,9H2,1H3. The van der Waals surface area contributed by atoms with Gasteiger partial charge in [0.15, 0.2) is 0 Å². The monoisotopic (exact) mass is 298 g/mol. The molecule has 1 saturated carbocycles. The number of nitro benzene ring substituents is 1. The van der Waals surface area contributed by atoms with E-state index in [9.17, 15) is 10.1 Å². The molecule has 1 aromatic rings. The van der Waals surface area contributed by atoms with Crippen LogP contribution in [0, 0.1) is 10.1 Å². The van der Waals surface area contributed by atoms with Crippen molar-refractivity contribution in [2.45, 2.75) is 44.4 Å². The van der Waals surface area contributed by atoms with Crippen molar-refractivity contribution in [2.75, 3.05) is 7.05 Å². The second kappa shape index (κ2) is 7.02. The molecule has 1 aliphatic carbocycles. The number of hydrogen-bond acceptors (Lipinski definition) is 4. The quantitative estimate of drug-likeness (QED) is 0.669. The Hall–Kier alpha value is -1.17. The van der Waals surface area contributed by atoms with Crippen LogP contribution < -0.4 is 5.32 Å². The smallest absolute Gasteiger partial charge is 0.275 e. The summed E-state index contributed by atoms with van der Waals surface area (Å²) < 4.78 is 5.89. The molecule has 2 atom stereocenters. The molecule has 0 radical (unpaired) electrons. The molecule has 0 bridgehead atoms. The summed E-state index contributed by atoms with van der Waals surface area (Å²) in [5.74, 6) is 0. The molecule has 20 heavy (non-hydrogen) atoms. The maximum Gasteiger partial charge on any atom is 0.275 e. The van der Waals surface area contributed by atoms with E-state index in [4.69, 9.17) is 16.3 Å². The van der Waals surface area contributed by atoms with Gasteiger partial charge in [-0.25, -0.2) is 0 Å². The van der Waals surface area contributed by atoms with Crippen LogP contribution in [-0.2, 0) is 11.3 Å². The summed E-state index contributed by atoms with van der Waals surface area (Å²) in [7, 11) is 1.92. The molecule has 0 spiro atoms. The van der Waals surface area contributed by atoms with E-state index in [0.717, 1.165) is 19.3 Å². The normalized spacial score (nSPS) is 22.7. The first-order valence-corrected chi connectivity index (χ1v) is 7.21. The lowest BCUT2D eigenvalue weighted by molar-refractivity contribution is -0.386. The minimum Gasteiger partial charge on any atom is -0.372 e. The van der Waals surface area contributed by atoms with Crippen LogP contribution in [0.1, 0.15) is 31.2 Å². The van der Waals surface area contributed by atoms with Gasteiger partial charge in [0, 0.05) is 17.1 Å². The van der Waals surface area contributed by atoms with E-state index in [1.165, 1.54) is 18.6 Å². The third-order valence-corrected chi connectivity index (χ3v) is 4.00. The lowest BCUT2D eigenvalue weighted by Gasteiger charge is -2.31. The van der Waals surface area contributed by atoms with E-state index < -0.39 is 4.92 Å². The number of nitrogens with zero attached hydrogens (tertiary/aromatic N) is 1. The fourth-order valence-electron chi connectivity index (χ4n) is 2.67. The number of hydrogen-bond donors (Lipinski definition) is 1. The highest BCUT2D eigenvalue weighted by Gasteiger charge is 2.25. The van der Waals surface area contributed by atoms with Gasteiger partial charge >= 0.3 is 0 Å². The van der Waals surface area contributed by atoms with E-state index in [1.54, 1.807) is 6.07 Å². The van der Waals surface area contributed by atoms with Crippen LogP contribution in [0.3, 0.4) is 0 Å². The third-order valence-electron chi connectivity index (χ3n) is 3.76. The van der Waals surface area contributed by atoms with Crippen LogP contribution in [0.25, 0.3) is 0 Å². The Morgan fingerprint density at radius 3 is 2.90 bits per heavy atom. The van der Waals surface area contributed by atoms with Crippen molar-refractivity contribution in [2.24, 2.45) is 0 Å². The van der Waals surface area contributed by atoms with Crippen LogP contribution >= 0.6 is 11.6 Å². The molecule has 0 heterocycles. The number of nitro groups is 1. The zero-order valence-electron chi connectivity index (χ0n) is 11.5. The first-order chi connectivity index (χ1) is 9.61. The number of likely N-dealkylation sites (N-methyl/N-ethyl adjacent to an activating group) is 1. The van der Waals surface area contributed by atoms with Crippen LogP contribution in [-0.4, -0.2) is 24.1 Å². The third kappa shape index (κ3) is 3.69. The van der Waals surface area contributed by atoms with Gasteiger partial charge in [-0.3, -0.25) is 10.1 Å². The first kappa shape index (κ1) is 15.2. The Morgan fingerprint density at radius 2 is 2.20 bits per heavy atom. The van der Waals surface area contributed by atoms with Gasteiger partial charge in [0.1, 0.15) is 0 Å². The molecule has 0 amide bonds. The highest BCUT2D eigenvalue weighted by atomic mass is 35.5. The van der Waals surface area contributed by atoms with Gasteiger partial charge in [0.2, 0.25) is 0 Å². The Balaban J connectivity index is 2.06. The Kier molecular flexibility index (Phi) is 5.34. The maximum atomic E-state index is 11.0. The molecule has 1 aromatic carbocycles. The summed E-state index contributed by atoms with van der Waals surface area (Å²) in [5, 5.41) is 14.7. The summed E-state index contributed by atoms with van der Waals surface area (Å²) in [4.78, 5) is 10.6. The molecule has 6 heteroatoms. The summed E-state index contributed by atoms with van der Waals surface area (Å²) >= 11 is 5.91. The van der Waals surface area contributed by atoms with Gasteiger partial charge in [0.05, 0.1) is 23.2 Å². The van der Waals surface area contributed by atoms with Crippen molar-refractivity contribution in [3.63, 3.8) is 0 Å². The Bertz CT molecular complexity index is 481. The number of rotatable bonds is 5. The fraction of sp³-hybridized carbons (Fsp3) is 0.571. The molecule has 5 nitrogen and oxygen atoms in total. The van der Waals surface area contributed by atoms with Gasteiger partial charge in [-0.1, -0.05) is 24.4 Å². The fourth-order valence-corrected chi connectivity index (χ4v) is 2.87. The van der Waals surface area contributed by atoms with Crippen molar-refractivity contribution < 1.29 is 9.66 Å². The predicted molar refractivity (Wildman–Crippen MR) is 78.0 cm³/mol. The van der Waals surface area contributed by atoms with E-state index in [0.29, 0.717) is 16.6 Å². The average molecular weight is 299 g/mol. The topological polar surface area (TPSA) is 64.4 Å². The molecule has 110 valence electrons. The molecule has 1 aliphatic rings. The van der Waals surface area contributed by atoms with E-state index in [1.807, 2.05) is 7.05 Å². The number of halogens is 1. The van der Waals surface area contributed by atoms with Gasteiger partial charge in [-0.15, -0.1) is 0 Å². The molecular formula is C14H19ClN2O3. The zero-order valence-corrected chi connectivity index (χ0v) is 12.2. The SMILES string of the molecule is CNC1CCCCC1OCc1cc(Cl)ccc1[N+](=O)[O-]. The molecule has 2 rings (SSSR count). The summed E-state index contributed by atoms with van der Waals surface area (Å²) in [6, 6.07) is 4.89. The molecular weight excluding hydrogens is 280 g/mol. The number of benzene rings is 1. The molecule has 0 aliphatic heterocycles. The molecule has 2 unspecified atom stereocenters. The zero-order chi connectivity index (χ0) is 14.5. The lowest BCUT2D eigenvalue weighted by atomic mass is 9.92. The second-order valence-electron chi connectivity index (χ2n) is 5.06. The molecule has 1 N–H and O–H groups in total. The Morgan fingerprint density at radius 1 is 1.45 bits per heavy atom. The van der Waals surface area contributed by atoms with Crippen LogP contribution in [0.15, 0.2) is 18.2 Å². The number of nitrogens with one attached hydrogen (secondary N) is 1. The van der Waals surface area contributed by atoms with Gasteiger partial charge in [-0.05, 0) is 32.0 Å². The molecule has 0 aromatic heterocycles. The highest BCUT2D eigenvalue weighted by Crippen LogP contribution is 2.26. The maximum absolute atomic E-state index is 11.0. The van der Waals surface area contributed by atoms with Crippen molar-refractivity contribution in [1.82, 2.24) is 5.32 Å². The molecule has 1 fully saturated rings. The lowest BCUT2D eigenvalue weighted by Crippen LogP contribution is -2.41.